The molecule has 15 heavy (non-hydrogen) atoms. The zero-order valence-corrected chi connectivity index (χ0v) is 8.20. The molecule has 0 aromatic rings. The van der Waals surface area contributed by atoms with Crippen molar-refractivity contribution in [2.45, 2.75) is 31.3 Å². The normalized spacial score (nSPS) is 18.7. The molecule has 0 aromatic heterocycles. The maximum Gasteiger partial charge on any atom is 0.217 e. The van der Waals surface area contributed by atoms with E-state index in [9.17, 15) is 19.8 Å². The van der Waals surface area contributed by atoms with Gasteiger partial charge < -0.3 is 30.5 Å². The van der Waals surface area contributed by atoms with Crippen LogP contribution < -0.4 is 5.32 Å². The van der Waals surface area contributed by atoms with Gasteiger partial charge in [0.05, 0.1) is 6.61 Å². The summed E-state index contributed by atoms with van der Waals surface area (Å²) in [5.74, 6) is -0.558. The van der Waals surface area contributed by atoms with Gasteiger partial charge in [0.25, 0.3) is 0 Å². The number of carbonyl (C=O) groups is 2. The van der Waals surface area contributed by atoms with E-state index >= 15 is 0 Å². The third kappa shape index (κ3) is 4.34. The summed E-state index contributed by atoms with van der Waals surface area (Å²) in [6.07, 6.45) is -4.72. The van der Waals surface area contributed by atoms with Gasteiger partial charge >= 0.3 is 0 Å². The van der Waals surface area contributed by atoms with Crippen LogP contribution in [0, 0.1) is 0 Å². The molecule has 0 aliphatic rings. The second-order valence-electron chi connectivity index (χ2n) is 3.09. The first kappa shape index (κ1) is 14.0. The van der Waals surface area contributed by atoms with Gasteiger partial charge in [-0.15, -0.1) is 0 Å². The van der Waals surface area contributed by atoms with Crippen molar-refractivity contribution < 1.29 is 30.0 Å². The Labute approximate surface area is 86.3 Å². The van der Waals surface area contributed by atoms with Crippen LogP contribution in [0.2, 0.25) is 0 Å². The van der Waals surface area contributed by atoms with Crippen molar-refractivity contribution in [1.82, 2.24) is 5.32 Å². The predicted molar refractivity (Wildman–Crippen MR) is 48.8 cm³/mol. The summed E-state index contributed by atoms with van der Waals surface area (Å²) in [4.78, 5) is 21.1. The lowest BCUT2D eigenvalue weighted by Gasteiger charge is -2.25. The highest BCUT2D eigenvalue weighted by Gasteiger charge is 2.31. The summed E-state index contributed by atoms with van der Waals surface area (Å²) in [5, 5.41) is 38.2. The summed E-state index contributed by atoms with van der Waals surface area (Å²) in [7, 11) is 0. The molecule has 0 heterocycles. The lowest BCUT2D eigenvalue weighted by atomic mass is 11.0. The van der Waals surface area contributed by atoms with Crippen LogP contribution in [-0.4, -0.2) is 63.6 Å². The Balaban J connectivity index is 4.42. The Kier molecular flexibility index (Phi) is 6.02. The fourth-order valence-corrected chi connectivity index (χ4v) is 0.983. The lowest BCUT2D eigenvalue weighted by molar-refractivity contribution is -0.129. The van der Waals surface area contributed by atoms with Gasteiger partial charge in [-0.3, -0.25) is 4.79 Å². The van der Waals surface area contributed by atoms with E-state index in [1.54, 1.807) is 0 Å². The second kappa shape index (κ2) is 6.46. The molecule has 7 nitrogen and oxygen atoms in total. The average molecular weight is 229 g/mol. The van der Waals surface area contributed by atoms with Gasteiger partial charge in [-0.05, 0) is 0 Å². The van der Waals surface area contributed by atoms with E-state index in [2.05, 4.69) is 5.32 Å². The maximum atomic E-state index is 10.6. The van der Waals surface area contributed by atoms with Crippen molar-refractivity contribution in [1.29, 1.82) is 0 Å². The van der Waals surface area contributed by atoms with Crippen LogP contribution in [0.3, 0.4) is 0 Å². The monoisotopic (exact) mass is 229 g/mol. The predicted octanol–water partition coefficient (Wildman–Crippen LogP) is -3.23. The van der Waals surface area contributed by atoms with E-state index < -0.39 is 36.9 Å². The maximum absolute atomic E-state index is 10.6. The number of hydrogen-bond acceptors (Lipinski definition) is 6. The summed E-state index contributed by atoms with van der Waals surface area (Å²) in [6, 6.07) is -1.32. The molecule has 0 spiro atoms. The standard InChI is InChI=1S/C8H15NO6/c1-4(12)9-5(2-10)7(14)8(15)6(13)3-11/h2,5-8,11,13-15H,3H2,1H3,(H,9,12)/t5-,6+,7+,8+/m0/s1/i1+1,2+1,3+1,4+1,5+1,6+1,7+1,8+1. The number of aliphatic hydroxyl groups is 4. The molecular weight excluding hydrogens is 214 g/mol. The van der Waals surface area contributed by atoms with E-state index in [0.717, 1.165) is 6.92 Å². The largest absolute Gasteiger partial charge is 0.394 e. The fourth-order valence-electron chi connectivity index (χ4n) is 0.983. The second-order valence-corrected chi connectivity index (χ2v) is 3.09. The number of rotatable bonds is 6. The quantitative estimate of drug-likeness (QED) is 0.240. The van der Waals surface area contributed by atoms with Gasteiger partial charge in [-0.25, -0.2) is 0 Å². The van der Waals surface area contributed by atoms with Crippen LogP contribution in [0.4, 0.5) is 0 Å². The topological polar surface area (TPSA) is 127 Å². The molecule has 0 rings (SSSR count). The Morgan fingerprint density at radius 3 is 2.20 bits per heavy atom. The zero-order valence-electron chi connectivity index (χ0n) is 8.20. The van der Waals surface area contributed by atoms with Crippen molar-refractivity contribution in [3.63, 3.8) is 0 Å². The number of aldehydes is 1. The summed E-state index contributed by atoms with van der Waals surface area (Å²) < 4.78 is 0. The first-order chi connectivity index (χ1) is 6.93. The highest BCUT2D eigenvalue weighted by atomic mass is 16.5. The van der Waals surface area contributed by atoms with Crippen LogP contribution >= 0.6 is 0 Å². The van der Waals surface area contributed by atoms with Gasteiger partial charge in [0.15, 0.2) is 0 Å². The molecule has 0 aliphatic carbocycles. The molecule has 4 atom stereocenters. The fraction of sp³-hybridized carbons (Fsp3) is 0.750. The number of hydrogen-bond donors (Lipinski definition) is 5. The van der Waals surface area contributed by atoms with E-state index in [1.807, 2.05) is 0 Å². The molecule has 0 radical (unpaired) electrons. The van der Waals surface area contributed by atoms with Crippen molar-refractivity contribution in [3.8, 4) is 0 Å². The molecule has 88 valence electrons. The summed E-state index contributed by atoms with van der Waals surface area (Å²) in [5.41, 5.74) is 0. The molecule has 0 aliphatic heterocycles. The number of aliphatic hydroxyl groups excluding tert-OH is 4. The Hall–Kier alpha value is -1.02. The molecule has 0 saturated carbocycles. The Morgan fingerprint density at radius 2 is 1.87 bits per heavy atom. The smallest absolute Gasteiger partial charge is 0.217 e. The van der Waals surface area contributed by atoms with Gasteiger partial charge in [0.1, 0.15) is 30.6 Å². The lowest BCUT2D eigenvalue weighted by Crippen LogP contribution is -2.53. The molecule has 0 aromatic carbocycles. The molecule has 0 bridgehead atoms. The number of amides is 1. The van der Waals surface area contributed by atoms with Crippen molar-refractivity contribution in [3.05, 3.63) is 0 Å². The molecular formula is C8H15NO6. The van der Waals surface area contributed by atoms with Gasteiger partial charge in [-0.1, -0.05) is 0 Å². The van der Waals surface area contributed by atoms with E-state index in [4.69, 9.17) is 10.2 Å². The van der Waals surface area contributed by atoms with E-state index in [-0.39, 0.29) is 6.29 Å². The highest BCUT2D eigenvalue weighted by molar-refractivity contribution is 5.77. The Bertz CT molecular complexity index is 221. The van der Waals surface area contributed by atoms with Crippen LogP contribution in [0.5, 0.6) is 0 Å². The van der Waals surface area contributed by atoms with Gasteiger partial charge in [0, 0.05) is 6.92 Å². The molecule has 1 amide bonds. The Morgan fingerprint density at radius 1 is 1.33 bits per heavy atom. The minimum Gasteiger partial charge on any atom is -0.394 e. The van der Waals surface area contributed by atoms with Gasteiger partial charge in [-0.2, -0.15) is 0 Å². The van der Waals surface area contributed by atoms with E-state index in [1.165, 1.54) is 0 Å². The third-order valence-electron chi connectivity index (χ3n) is 1.82. The van der Waals surface area contributed by atoms with Crippen LogP contribution in [-0.2, 0) is 9.59 Å². The van der Waals surface area contributed by atoms with Crippen LogP contribution in [0.25, 0.3) is 0 Å². The van der Waals surface area contributed by atoms with Crippen molar-refractivity contribution in [2.24, 2.45) is 0 Å². The number of nitrogens with one attached hydrogen (secondary N) is 1. The van der Waals surface area contributed by atoms with E-state index in [0.29, 0.717) is 0 Å². The van der Waals surface area contributed by atoms with Crippen molar-refractivity contribution >= 4 is 12.2 Å². The molecule has 0 unspecified atom stereocenters. The molecule has 0 fully saturated rings. The third-order valence-corrected chi connectivity index (χ3v) is 1.82. The summed E-state index contributed by atoms with van der Waals surface area (Å²) >= 11 is 0. The van der Waals surface area contributed by atoms with Crippen LogP contribution in [0.1, 0.15) is 6.92 Å². The molecule has 0 saturated heterocycles. The first-order valence-electron chi connectivity index (χ1n) is 4.31. The van der Waals surface area contributed by atoms with Crippen molar-refractivity contribution in [2.75, 3.05) is 6.61 Å². The first-order valence-corrected chi connectivity index (χ1v) is 4.31. The minimum absolute atomic E-state index is 0.235. The zero-order chi connectivity index (χ0) is 12.0. The van der Waals surface area contributed by atoms with Crippen LogP contribution in [0.15, 0.2) is 0 Å². The molecule has 7 heteroatoms. The van der Waals surface area contributed by atoms with Gasteiger partial charge in [0.2, 0.25) is 5.91 Å². The minimum atomic E-state index is -1.71. The number of carbonyl (C=O) groups excluding carboxylic acids is 2. The SMILES string of the molecule is [13CH3][13C](=O)N[13C@@H]([13CH]=O)[13C@@H](O)[13C@H](O)[13C@H](O)[13CH2]O. The summed E-state index contributed by atoms with van der Waals surface area (Å²) in [6.45, 7) is 0.377. The molecule has 5 N–H and O–H groups in total. The average Bonchev–Trinajstić information content (AvgIpc) is 2.22. The highest BCUT2D eigenvalue weighted by Crippen LogP contribution is 2.03.